The van der Waals surface area contributed by atoms with Gasteiger partial charge in [0, 0.05) is 16.5 Å². The van der Waals surface area contributed by atoms with Crippen LogP contribution < -0.4 is 10.4 Å². The van der Waals surface area contributed by atoms with E-state index in [1.807, 2.05) is 48.5 Å². The van der Waals surface area contributed by atoms with E-state index >= 15 is 0 Å². The average molecular weight is 311 g/mol. The van der Waals surface area contributed by atoms with Gasteiger partial charge in [-0.25, -0.2) is 0 Å². The molecule has 0 spiro atoms. The van der Waals surface area contributed by atoms with Crippen LogP contribution in [0.15, 0.2) is 83.9 Å². The molecule has 0 N–H and O–H groups in total. The van der Waals surface area contributed by atoms with Gasteiger partial charge in [0.15, 0.2) is 0 Å². The summed E-state index contributed by atoms with van der Waals surface area (Å²) < 4.78 is 0. The lowest BCUT2D eigenvalue weighted by atomic mass is 10.0. The smallest absolute Gasteiger partial charge is 0.0786 e. The molecular formula is C23H21N. The molecule has 0 aromatic heterocycles. The number of aliphatic imine (C=N–C) groups is 1. The molecule has 3 rings (SSSR count). The lowest BCUT2D eigenvalue weighted by molar-refractivity contribution is 1.32. The van der Waals surface area contributed by atoms with Crippen molar-refractivity contribution in [1.29, 1.82) is 0 Å². The molecule has 0 radical (unpaired) electrons. The highest BCUT2D eigenvalue weighted by Crippen LogP contribution is 2.14. The van der Waals surface area contributed by atoms with Crippen LogP contribution in [0.3, 0.4) is 0 Å². The summed E-state index contributed by atoms with van der Waals surface area (Å²) in [5, 5.41) is 2.11. The zero-order valence-electron chi connectivity index (χ0n) is 14.2. The number of hydrogen-bond donors (Lipinski definition) is 0. The SMILES string of the molecule is C=c1cccc(C)/c1=C(/N=C(C)c1ccccc1)c1ccccc1. The molecule has 1 heteroatoms. The van der Waals surface area contributed by atoms with Gasteiger partial charge >= 0.3 is 0 Å². The highest BCUT2D eigenvalue weighted by molar-refractivity contribution is 6.01. The van der Waals surface area contributed by atoms with Gasteiger partial charge in [-0.3, -0.25) is 4.99 Å². The first-order valence-corrected chi connectivity index (χ1v) is 8.12. The Kier molecular flexibility index (Phi) is 4.72. The monoisotopic (exact) mass is 311 g/mol. The van der Waals surface area contributed by atoms with Gasteiger partial charge in [-0.2, -0.15) is 0 Å². The first-order chi connectivity index (χ1) is 11.7. The van der Waals surface area contributed by atoms with E-state index in [2.05, 4.69) is 50.8 Å². The minimum absolute atomic E-state index is 0.972. The number of hydrogen-bond acceptors (Lipinski definition) is 1. The second-order valence-electron chi connectivity index (χ2n) is 5.89. The third kappa shape index (κ3) is 3.36. The highest BCUT2D eigenvalue weighted by atomic mass is 14.8. The standard InChI is InChI=1S/C23H21N/c1-17-11-10-12-18(2)22(17)23(21-15-8-5-9-16-21)24-19(3)20-13-6-4-7-14-20/h4-16H,1H2,2-3H3/b23-22+,24-19?. The molecule has 0 saturated carbocycles. The van der Waals surface area contributed by atoms with E-state index in [0.29, 0.717) is 0 Å². The van der Waals surface area contributed by atoms with Crippen LogP contribution in [-0.2, 0) is 0 Å². The Labute approximate surface area is 143 Å². The predicted molar refractivity (Wildman–Crippen MR) is 104 cm³/mol. The van der Waals surface area contributed by atoms with Gasteiger partial charge in [-0.15, -0.1) is 0 Å². The van der Waals surface area contributed by atoms with Crippen LogP contribution in [-0.4, -0.2) is 5.71 Å². The van der Waals surface area contributed by atoms with E-state index in [-0.39, 0.29) is 0 Å². The third-order valence-electron chi connectivity index (χ3n) is 4.11. The molecule has 0 heterocycles. The largest absolute Gasteiger partial charge is 0.252 e. The molecule has 0 aliphatic carbocycles. The Morgan fingerprint density at radius 3 is 1.92 bits per heavy atom. The normalized spacial score (nSPS) is 12.8. The minimum atomic E-state index is 0.972. The van der Waals surface area contributed by atoms with Crippen molar-refractivity contribution in [2.75, 3.05) is 0 Å². The first-order valence-electron chi connectivity index (χ1n) is 8.12. The van der Waals surface area contributed by atoms with Gasteiger partial charge in [0.25, 0.3) is 0 Å². The van der Waals surface area contributed by atoms with Gasteiger partial charge in [0.05, 0.1) is 5.70 Å². The summed E-state index contributed by atoms with van der Waals surface area (Å²) in [6.07, 6.45) is 0. The van der Waals surface area contributed by atoms with Crippen molar-refractivity contribution in [3.63, 3.8) is 0 Å². The fourth-order valence-corrected chi connectivity index (χ4v) is 2.84. The van der Waals surface area contributed by atoms with Crippen LogP contribution in [0.4, 0.5) is 0 Å². The summed E-state index contributed by atoms with van der Waals surface area (Å²) >= 11 is 0. The fraction of sp³-hybridized carbons (Fsp3) is 0.0870. The molecule has 0 aliphatic rings. The molecule has 1 nitrogen and oxygen atoms in total. The van der Waals surface area contributed by atoms with Crippen molar-refractivity contribution in [3.8, 4) is 0 Å². The van der Waals surface area contributed by atoms with E-state index in [0.717, 1.165) is 33.0 Å². The van der Waals surface area contributed by atoms with E-state index in [1.165, 1.54) is 5.56 Å². The number of rotatable bonds is 3. The molecule has 0 atom stereocenters. The van der Waals surface area contributed by atoms with Crippen LogP contribution in [0.1, 0.15) is 23.6 Å². The average Bonchev–Trinajstić information content (AvgIpc) is 2.62. The Bertz CT molecular complexity index is 968. The van der Waals surface area contributed by atoms with Crippen LogP contribution in [0.5, 0.6) is 0 Å². The zero-order valence-corrected chi connectivity index (χ0v) is 14.2. The highest BCUT2D eigenvalue weighted by Gasteiger charge is 2.06. The summed E-state index contributed by atoms with van der Waals surface area (Å²) in [7, 11) is 0. The maximum atomic E-state index is 5.00. The van der Waals surface area contributed by atoms with Gasteiger partial charge in [0.2, 0.25) is 0 Å². The second kappa shape index (κ2) is 7.10. The van der Waals surface area contributed by atoms with E-state index in [4.69, 9.17) is 4.99 Å². The predicted octanol–water partition coefficient (Wildman–Crippen LogP) is 4.07. The Morgan fingerprint density at radius 2 is 1.33 bits per heavy atom. The summed E-state index contributed by atoms with van der Waals surface area (Å²) in [6, 6.07) is 26.8. The minimum Gasteiger partial charge on any atom is -0.252 e. The van der Waals surface area contributed by atoms with Crippen molar-refractivity contribution in [2.24, 2.45) is 4.99 Å². The molecule has 3 aromatic carbocycles. The van der Waals surface area contributed by atoms with E-state index in [1.54, 1.807) is 0 Å². The third-order valence-corrected chi connectivity index (χ3v) is 4.11. The van der Waals surface area contributed by atoms with Crippen molar-refractivity contribution in [1.82, 2.24) is 0 Å². The summed E-state index contributed by atoms with van der Waals surface area (Å²) in [6.45, 7) is 8.38. The molecule has 118 valence electrons. The zero-order chi connectivity index (χ0) is 16.9. The van der Waals surface area contributed by atoms with Crippen molar-refractivity contribution >= 4 is 18.0 Å². The quantitative estimate of drug-likeness (QED) is 0.647. The molecule has 3 aromatic rings. The summed E-state index contributed by atoms with van der Waals surface area (Å²) in [5.41, 5.74) is 5.39. The lowest BCUT2D eigenvalue weighted by Crippen LogP contribution is -2.28. The molecular weight excluding hydrogens is 290 g/mol. The summed E-state index contributed by atoms with van der Waals surface area (Å²) in [4.78, 5) is 5.00. The van der Waals surface area contributed by atoms with Crippen LogP contribution >= 0.6 is 0 Å². The molecule has 0 fully saturated rings. The Hall–Kier alpha value is -2.93. The molecule has 0 amide bonds. The maximum absolute atomic E-state index is 5.00. The van der Waals surface area contributed by atoms with Crippen molar-refractivity contribution in [2.45, 2.75) is 13.8 Å². The van der Waals surface area contributed by atoms with Crippen LogP contribution in [0.2, 0.25) is 0 Å². The van der Waals surface area contributed by atoms with Gasteiger partial charge in [0.1, 0.15) is 0 Å². The van der Waals surface area contributed by atoms with Crippen LogP contribution in [0.25, 0.3) is 12.3 Å². The molecule has 0 bridgehead atoms. The Morgan fingerprint density at radius 1 is 0.750 bits per heavy atom. The fourth-order valence-electron chi connectivity index (χ4n) is 2.84. The van der Waals surface area contributed by atoms with Crippen molar-refractivity contribution < 1.29 is 0 Å². The number of nitrogens with zero attached hydrogens (tertiary/aromatic N) is 1. The lowest BCUT2D eigenvalue weighted by Gasteiger charge is -2.08. The topological polar surface area (TPSA) is 12.4 Å². The van der Waals surface area contributed by atoms with Gasteiger partial charge in [-0.1, -0.05) is 85.4 Å². The van der Waals surface area contributed by atoms with Gasteiger partial charge < -0.3 is 0 Å². The number of aryl methyl sites for hydroxylation is 1. The first kappa shape index (κ1) is 15.9. The molecule has 0 unspecified atom stereocenters. The number of benzene rings is 3. The molecule has 0 aliphatic heterocycles. The summed E-state index contributed by atoms with van der Waals surface area (Å²) in [5.74, 6) is 0. The van der Waals surface area contributed by atoms with Crippen LogP contribution in [0, 0.1) is 6.92 Å². The maximum Gasteiger partial charge on any atom is 0.0786 e. The molecule has 0 saturated heterocycles. The Balaban J connectivity index is 2.32. The van der Waals surface area contributed by atoms with E-state index < -0.39 is 0 Å². The van der Waals surface area contributed by atoms with Crippen molar-refractivity contribution in [3.05, 3.63) is 106 Å². The van der Waals surface area contributed by atoms with Gasteiger partial charge in [-0.05, 0) is 30.2 Å². The second-order valence-corrected chi connectivity index (χ2v) is 5.89. The molecule has 24 heavy (non-hydrogen) atoms. The van der Waals surface area contributed by atoms with E-state index in [9.17, 15) is 0 Å².